The van der Waals surface area contributed by atoms with E-state index in [4.69, 9.17) is 5.11 Å². The summed E-state index contributed by atoms with van der Waals surface area (Å²) in [6.45, 7) is 8.85. The minimum Gasteiger partial charge on any atom is -0.481 e. The van der Waals surface area contributed by atoms with Crippen LogP contribution in [-0.4, -0.2) is 35.6 Å². The predicted octanol–water partition coefficient (Wildman–Crippen LogP) is 1.83. The van der Waals surface area contributed by atoms with Crippen LogP contribution < -0.4 is 0 Å². The van der Waals surface area contributed by atoms with Gasteiger partial charge in [-0.2, -0.15) is 0 Å². The van der Waals surface area contributed by atoms with Crippen molar-refractivity contribution >= 4 is 5.97 Å². The molecule has 0 bridgehead atoms. The van der Waals surface area contributed by atoms with Crippen LogP contribution in [0.15, 0.2) is 0 Å². The van der Waals surface area contributed by atoms with E-state index in [0.29, 0.717) is 6.54 Å². The molecular weight excluding hydrogens is 178 g/mol. The molecule has 1 N–H and O–H groups in total. The Hall–Kier alpha value is -0.570. The van der Waals surface area contributed by atoms with Gasteiger partial charge in [-0.05, 0) is 31.3 Å². The van der Waals surface area contributed by atoms with Crippen molar-refractivity contribution in [3.05, 3.63) is 0 Å². The van der Waals surface area contributed by atoms with E-state index in [9.17, 15) is 4.79 Å². The topological polar surface area (TPSA) is 40.5 Å². The maximum absolute atomic E-state index is 11.1. The summed E-state index contributed by atoms with van der Waals surface area (Å²) in [4.78, 5) is 13.4. The van der Waals surface area contributed by atoms with Crippen molar-refractivity contribution in [2.24, 2.45) is 11.3 Å². The molecule has 0 aromatic heterocycles. The number of aliphatic carboxylic acids is 1. The molecule has 0 spiro atoms. The van der Waals surface area contributed by atoms with Crippen molar-refractivity contribution in [2.75, 3.05) is 19.6 Å². The van der Waals surface area contributed by atoms with Crippen molar-refractivity contribution in [2.45, 2.75) is 33.6 Å². The molecule has 1 atom stereocenters. The number of carbonyl (C=O) groups is 1. The second-order valence-corrected chi connectivity index (χ2v) is 5.26. The summed E-state index contributed by atoms with van der Waals surface area (Å²) in [5.41, 5.74) is -0.144. The van der Waals surface area contributed by atoms with Crippen LogP contribution >= 0.6 is 0 Å². The minimum atomic E-state index is -0.663. The van der Waals surface area contributed by atoms with E-state index >= 15 is 0 Å². The lowest BCUT2D eigenvalue weighted by Crippen LogP contribution is -2.38. The lowest BCUT2D eigenvalue weighted by Gasteiger charge is -2.30. The van der Waals surface area contributed by atoms with E-state index in [1.54, 1.807) is 0 Å². The van der Waals surface area contributed by atoms with Gasteiger partial charge in [-0.15, -0.1) is 0 Å². The summed E-state index contributed by atoms with van der Waals surface area (Å²) in [6, 6.07) is 0. The molecule has 0 aliphatic carbocycles. The third kappa shape index (κ3) is 2.98. The quantitative estimate of drug-likeness (QED) is 0.754. The highest BCUT2D eigenvalue weighted by Crippen LogP contribution is 2.27. The highest BCUT2D eigenvalue weighted by molar-refractivity contribution is 5.71. The lowest BCUT2D eigenvalue weighted by molar-refractivity contribution is -0.146. The molecule has 1 aliphatic rings. The molecule has 1 unspecified atom stereocenters. The Bertz CT molecular complexity index is 202. The summed E-state index contributed by atoms with van der Waals surface area (Å²) in [7, 11) is 0. The third-order valence-electron chi connectivity index (χ3n) is 2.98. The predicted molar refractivity (Wildman–Crippen MR) is 56.3 cm³/mol. The number of hydrogen-bond donors (Lipinski definition) is 1. The van der Waals surface area contributed by atoms with Crippen molar-refractivity contribution < 1.29 is 9.90 Å². The molecule has 1 rings (SSSR count). The van der Waals surface area contributed by atoms with Crippen LogP contribution in [-0.2, 0) is 4.79 Å². The van der Waals surface area contributed by atoms with Crippen molar-refractivity contribution in [1.82, 2.24) is 4.90 Å². The van der Waals surface area contributed by atoms with E-state index in [2.05, 4.69) is 4.90 Å². The second kappa shape index (κ2) is 4.30. The van der Waals surface area contributed by atoms with E-state index < -0.39 is 5.97 Å². The molecular formula is C11H21NO2. The Morgan fingerprint density at radius 1 is 1.36 bits per heavy atom. The molecule has 1 saturated heterocycles. The van der Waals surface area contributed by atoms with Crippen LogP contribution in [0.4, 0.5) is 0 Å². The van der Waals surface area contributed by atoms with Crippen LogP contribution in [0.1, 0.15) is 33.6 Å². The number of likely N-dealkylation sites (tertiary alicyclic amines) is 1. The number of nitrogens with zero attached hydrogens (tertiary/aromatic N) is 1. The summed E-state index contributed by atoms with van der Waals surface area (Å²) < 4.78 is 0. The molecule has 14 heavy (non-hydrogen) atoms. The molecule has 3 nitrogen and oxygen atoms in total. The maximum Gasteiger partial charge on any atom is 0.308 e. The SMILES string of the molecule is CC(C)(C)C(CN1CCCC1)C(=O)O. The third-order valence-corrected chi connectivity index (χ3v) is 2.98. The molecule has 0 saturated carbocycles. The number of carboxylic acid groups (broad SMARTS) is 1. The molecule has 0 radical (unpaired) electrons. The standard InChI is InChI=1S/C11H21NO2/c1-11(2,3)9(10(13)14)8-12-6-4-5-7-12/h9H,4-8H2,1-3H3,(H,13,14). The smallest absolute Gasteiger partial charge is 0.308 e. The number of rotatable bonds is 3. The van der Waals surface area contributed by atoms with Gasteiger partial charge in [0, 0.05) is 6.54 Å². The molecule has 1 fully saturated rings. The first-order chi connectivity index (χ1) is 6.41. The highest BCUT2D eigenvalue weighted by atomic mass is 16.4. The van der Waals surface area contributed by atoms with E-state index in [1.807, 2.05) is 20.8 Å². The number of carboxylic acids is 1. The monoisotopic (exact) mass is 199 g/mol. The van der Waals surface area contributed by atoms with Gasteiger partial charge < -0.3 is 10.0 Å². The summed E-state index contributed by atoms with van der Waals surface area (Å²) in [6.07, 6.45) is 2.44. The van der Waals surface area contributed by atoms with Gasteiger partial charge in [-0.3, -0.25) is 4.79 Å². The molecule has 0 amide bonds. The first-order valence-corrected chi connectivity index (χ1v) is 5.36. The summed E-state index contributed by atoms with van der Waals surface area (Å²) in [5, 5.41) is 9.14. The molecule has 0 aromatic rings. The Morgan fingerprint density at radius 2 is 1.86 bits per heavy atom. The van der Waals surface area contributed by atoms with Crippen LogP contribution in [0.5, 0.6) is 0 Å². The fourth-order valence-electron chi connectivity index (χ4n) is 1.95. The van der Waals surface area contributed by atoms with E-state index in [1.165, 1.54) is 12.8 Å². The van der Waals surface area contributed by atoms with Crippen LogP contribution in [0, 0.1) is 11.3 Å². The van der Waals surface area contributed by atoms with Gasteiger partial charge in [-0.1, -0.05) is 20.8 Å². The van der Waals surface area contributed by atoms with Crippen LogP contribution in [0.2, 0.25) is 0 Å². The Kier molecular flexibility index (Phi) is 3.53. The van der Waals surface area contributed by atoms with E-state index in [0.717, 1.165) is 13.1 Å². The van der Waals surface area contributed by atoms with Crippen LogP contribution in [0.25, 0.3) is 0 Å². The van der Waals surface area contributed by atoms with Gasteiger partial charge in [0.15, 0.2) is 0 Å². The fourth-order valence-corrected chi connectivity index (χ4v) is 1.95. The highest BCUT2D eigenvalue weighted by Gasteiger charge is 2.33. The van der Waals surface area contributed by atoms with Gasteiger partial charge in [0.1, 0.15) is 0 Å². The lowest BCUT2D eigenvalue weighted by atomic mass is 9.80. The van der Waals surface area contributed by atoms with Gasteiger partial charge >= 0.3 is 5.97 Å². The molecule has 1 heterocycles. The molecule has 1 aliphatic heterocycles. The second-order valence-electron chi connectivity index (χ2n) is 5.26. The summed E-state index contributed by atoms with van der Waals surface area (Å²) >= 11 is 0. The van der Waals surface area contributed by atoms with E-state index in [-0.39, 0.29) is 11.3 Å². The van der Waals surface area contributed by atoms with Gasteiger partial charge in [0.05, 0.1) is 5.92 Å². The van der Waals surface area contributed by atoms with Gasteiger partial charge in [0.2, 0.25) is 0 Å². The zero-order valence-electron chi connectivity index (χ0n) is 9.42. The van der Waals surface area contributed by atoms with Crippen molar-refractivity contribution in [1.29, 1.82) is 0 Å². The first kappa shape index (κ1) is 11.5. The Balaban J connectivity index is 2.55. The first-order valence-electron chi connectivity index (χ1n) is 5.36. The summed E-state index contributed by atoms with van der Waals surface area (Å²) in [5.74, 6) is -0.912. The average Bonchev–Trinajstić information content (AvgIpc) is 2.48. The number of hydrogen-bond acceptors (Lipinski definition) is 2. The van der Waals surface area contributed by atoms with Crippen molar-refractivity contribution in [3.8, 4) is 0 Å². The average molecular weight is 199 g/mol. The molecule has 0 aromatic carbocycles. The normalized spacial score (nSPS) is 21.1. The minimum absolute atomic E-state index is 0.144. The Morgan fingerprint density at radius 3 is 2.21 bits per heavy atom. The molecule has 82 valence electrons. The van der Waals surface area contributed by atoms with Gasteiger partial charge in [0.25, 0.3) is 0 Å². The molecule has 3 heteroatoms. The van der Waals surface area contributed by atoms with Crippen molar-refractivity contribution in [3.63, 3.8) is 0 Å². The maximum atomic E-state index is 11.1. The fraction of sp³-hybridized carbons (Fsp3) is 0.909. The van der Waals surface area contributed by atoms with Gasteiger partial charge in [-0.25, -0.2) is 0 Å². The van der Waals surface area contributed by atoms with Crippen LogP contribution in [0.3, 0.4) is 0 Å². The largest absolute Gasteiger partial charge is 0.481 e. The zero-order valence-corrected chi connectivity index (χ0v) is 9.42. The zero-order chi connectivity index (χ0) is 10.8. The Labute approximate surface area is 86.1 Å².